The molecule has 2 heteroatoms. The molecule has 0 aliphatic carbocycles. The lowest BCUT2D eigenvalue weighted by atomic mass is 10.0. The molecule has 0 aliphatic rings. The number of hydrogen-bond acceptors (Lipinski definition) is 2. The Morgan fingerprint density at radius 3 is 2.50 bits per heavy atom. The van der Waals surface area contributed by atoms with Gasteiger partial charge in [-0.1, -0.05) is 48.0 Å². The highest BCUT2D eigenvalue weighted by atomic mass is 32.1. The van der Waals surface area contributed by atoms with Gasteiger partial charge >= 0.3 is 0 Å². The largest absolute Gasteiger partial charge is 0.289 e. The van der Waals surface area contributed by atoms with E-state index < -0.39 is 0 Å². The summed E-state index contributed by atoms with van der Waals surface area (Å²) in [5.74, 6) is 0.104. The molecule has 3 rings (SSSR count). The van der Waals surface area contributed by atoms with Crippen LogP contribution in [0.3, 0.4) is 0 Å². The Hall–Kier alpha value is -1.93. The number of benzene rings is 2. The van der Waals surface area contributed by atoms with Crippen molar-refractivity contribution in [3.05, 3.63) is 70.6 Å². The molecule has 1 heterocycles. The van der Waals surface area contributed by atoms with E-state index in [1.165, 1.54) is 5.56 Å². The number of carbonyl (C=O) groups is 1. The predicted octanol–water partition coefficient (Wildman–Crippen LogP) is 4.44. The van der Waals surface area contributed by atoms with Crippen LogP contribution in [0.2, 0.25) is 0 Å². The minimum absolute atomic E-state index is 0.104. The van der Waals surface area contributed by atoms with Gasteiger partial charge < -0.3 is 0 Å². The molecule has 1 nitrogen and oxygen atoms in total. The highest BCUT2D eigenvalue weighted by Gasteiger charge is 2.13. The minimum atomic E-state index is 0.104. The molecular formula is C16H12OS. The van der Waals surface area contributed by atoms with E-state index in [0.717, 1.165) is 21.2 Å². The predicted molar refractivity (Wildman–Crippen MR) is 76.4 cm³/mol. The van der Waals surface area contributed by atoms with Crippen LogP contribution in [0.25, 0.3) is 10.1 Å². The van der Waals surface area contributed by atoms with Crippen molar-refractivity contribution in [1.82, 2.24) is 0 Å². The molecule has 0 fully saturated rings. The van der Waals surface area contributed by atoms with Crippen LogP contribution in [-0.4, -0.2) is 5.78 Å². The monoisotopic (exact) mass is 252 g/mol. The topological polar surface area (TPSA) is 17.1 Å². The van der Waals surface area contributed by atoms with Crippen LogP contribution in [0.1, 0.15) is 21.5 Å². The van der Waals surface area contributed by atoms with Gasteiger partial charge in [-0.3, -0.25) is 4.79 Å². The van der Waals surface area contributed by atoms with Crippen molar-refractivity contribution < 1.29 is 4.79 Å². The van der Waals surface area contributed by atoms with Gasteiger partial charge in [0, 0.05) is 26.6 Å². The normalized spacial score (nSPS) is 10.7. The number of thiophene rings is 1. The molecule has 0 aliphatic heterocycles. The Bertz CT molecular complexity index is 707. The van der Waals surface area contributed by atoms with E-state index in [0.29, 0.717) is 0 Å². The van der Waals surface area contributed by atoms with E-state index in [1.54, 1.807) is 11.3 Å². The lowest BCUT2D eigenvalue weighted by Crippen LogP contribution is -1.99. The molecule has 0 saturated heterocycles. The Morgan fingerprint density at radius 2 is 1.72 bits per heavy atom. The number of ketones is 1. The molecule has 0 spiro atoms. The van der Waals surface area contributed by atoms with Crippen LogP contribution < -0.4 is 0 Å². The van der Waals surface area contributed by atoms with Gasteiger partial charge in [0.25, 0.3) is 0 Å². The molecule has 0 unspecified atom stereocenters. The molecule has 0 saturated carbocycles. The molecular weight excluding hydrogens is 240 g/mol. The lowest BCUT2D eigenvalue weighted by Gasteiger charge is -2.00. The van der Waals surface area contributed by atoms with Gasteiger partial charge in [0.1, 0.15) is 0 Å². The molecule has 1 aromatic heterocycles. The molecule has 0 atom stereocenters. The van der Waals surface area contributed by atoms with Gasteiger partial charge in [0.2, 0.25) is 0 Å². The summed E-state index contributed by atoms with van der Waals surface area (Å²) >= 11 is 1.62. The van der Waals surface area contributed by atoms with Gasteiger partial charge in [-0.15, -0.1) is 11.3 Å². The minimum Gasteiger partial charge on any atom is -0.289 e. The second-order valence-corrected chi connectivity index (χ2v) is 5.25. The van der Waals surface area contributed by atoms with Crippen molar-refractivity contribution in [3.63, 3.8) is 0 Å². The molecule has 0 amide bonds. The molecule has 3 aromatic rings. The molecule has 0 N–H and O–H groups in total. The first-order valence-corrected chi connectivity index (χ1v) is 6.71. The quantitative estimate of drug-likeness (QED) is 0.616. The zero-order valence-corrected chi connectivity index (χ0v) is 10.8. The van der Waals surface area contributed by atoms with E-state index in [-0.39, 0.29) is 5.78 Å². The maximum Gasteiger partial charge on any atom is 0.194 e. The fourth-order valence-electron chi connectivity index (χ4n) is 2.01. The Balaban J connectivity index is 2.09. The average Bonchev–Trinajstić information content (AvgIpc) is 2.82. The van der Waals surface area contributed by atoms with E-state index >= 15 is 0 Å². The third-order valence-corrected chi connectivity index (χ3v) is 4.00. The Labute approximate surface area is 110 Å². The van der Waals surface area contributed by atoms with Crippen molar-refractivity contribution in [2.75, 3.05) is 0 Å². The van der Waals surface area contributed by atoms with Crippen molar-refractivity contribution in [2.24, 2.45) is 0 Å². The number of aryl methyl sites for hydroxylation is 1. The third-order valence-electron chi connectivity index (χ3n) is 3.04. The molecule has 18 heavy (non-hydrogen) atoms. The standard InChI is InChI=1S/C16H12OS/c1-11-6-8-12(9-7-11)16(17)14-10-18-15-5-3-2-4-13(14)15/h2-10H,1H3. The summed E-state index contributed by atoms with van der Waals surface area (Å²) in [5, 5.41) is 3.00. The molecule has 0 radical (unpaired) electrons. The summed E-state index contributed by atoms with van der Waals surface area (Å²) in [4.78, 5) is 12.4. The SMILES string of the molecule is Cc1ccc(C(=O)c2csc3ccccc23)cc1. The lowest BCUT2D eigenvalue weighted by molar-refractivity contribution is 0.104. The maximum atomic E-state index is 12.4. The maximum absolute atomic E-state index is 12.4. The second-order valence-electron chi connectivity index (χ2n) is 4.34. The summed E-state index contributed by atoms with van der Waals surface area (Å²) in [7, 11) is 0. The van der Waals surface area contributed by atoms with Gasteiger partial charge in [-0.05, 0) is 13.0 Å². The van der Waals surface area contributed by atoms with Crippen LogP contribution in [0.5, 0.6) is 0 Å². The summed E-state index contributed by atoms with van der Waals surface area (Å²) in [6.45, 7) is 2.02. The fraction of sp³-hybridized carbons (Fsp3) is 0.0625. The van der Waals surface area contributed by atoms with E-state index in [9.17, 15) is 4.79 Å². The van der Waals surface area contributed by atoms with Crippen LogP contribution in [-0.2, 0) is 0 Å². The average molecular weight is 252 g/mol. The van der Waals surface area contributed by atoms with Crippen molar-refractivity contribution in [1.29, 1.82) is 0 Å². The van der Waals surface area contributed by atoms with Crippen LogP contribution in [0, 0.1) is 6.92 Å². The number of fused-ring (bicyclic) bond motifs is 1. The molecule has 88 valence electrons. The van der Waals surface area contributed by atoms with Gasteiger partial charge in [0.15, 0.2) is 5.78 Å². The van der Waals surface area contributed by atoms with E-state index in [2.05, 4.69) is 0 Å². The third kappa shape index (κ3) is 1.85. The van der Waals surface area contributed by atoms with E-state index in [1.807, 2.05) is 60.8 Å². The smallest absolute Gasteiger partial charge is 0.194 e. The number of rotatable bonds is 2. The zero-order valence-electron chi connectivity index (χ0n) is 10.0. The van der Waals surface area contributed by atoms with Gasteiger partial charge in [-0.2, -0.15) is 0 Å². The highest BCUT2D eigenvalue weighted by Crippen LogP contribution is 2.27. The van der Waals surface area contributed by atoms with Gasteiger partial charge in [-0.25, -0.2) is 0 Å². The van der Waals surface area contributed by atoms with Crippen molar-refractivity contribution in [2.45, 2.75) is 6.92 Å². The summed E-state index contributed by atoms with van der Waals surface area (Å²) in [5.41, 5.74) is 2.73. The van der Waals surface area contributed by atoms with Crippen molar-refractivity contribution >= 4 is 27.2 Å². The first-order valence-electron chi connectivity index (χ1n) is 5.83. The van der Waals surface area contributed by atoms with Crippen LogP contribution in [0.15, 0.2) is 53.9 Å². The molecule has 0 bridgehead atoms. The summed E-state index contributed by atoms with van der Waals surface area (Å²) in [6, 6.07) is 15.8. The van der Waals surface area contributed by atoms with Crippen molar-refractivity contribution in [3.8, 4) is 0 Å². The van der Waals surface area contributed by atoms with Gasteiger partial charge in [0.05, 0.1) is 0 Å². The first-order chi connectivity index (χ1) is 8.75. The van der Waals surface area contributed by atoms with Crippen LogP contribution >= 0.6 is 11.3 Å². The number of hydrogen-bond donors (Lipinski definition) is 0. The summed E-state index contributed by atoms with van der Waals surface area (Å²) in [6.07, 6.45) is 0. The zero-order chi connectivity index (χ0) is 12.5. The Morgan fingerprint density at radius 1 is 1.00 bits per heavy atom. The Kier molecular flexibility index (Phi) is 2.73. The number of carbonyl (C=O) groups excluding carboxylic acids is 1. The summed E-state index contributed by atoms with van der Waals surface area (Å²) < 4.78 is 1.16. The van der Waals surface area contributed by atoms with Crippen LogP contribution in [0.4, 0.5) is 0 Å². The highest BCUT2D eigenvalue weighted by molar-refractivity contribution is 7.17. The molecule has 2 aromatic carbocycles. The van der Waals surface area contributed by atoms with E-state index in [4.69, 9.17) is 0 Å². The second kappa shape index (κ2) is 4.39. The first kappa shape index (κ1) is 11.2. The fourth-order valence-corrected chi connectivity index (χ4v) is 2.96.